The maximum Gasteiger partial charge on any atom is 0.306 e. The van der Waals surface area contributed by atoms with Crippen molar-refractivity contribution in [2.75, 3.05) is 13.2 Å². The van der Waals surface area contributed by atoms with Gasteiger partial charge in [0.05, 0.1) is 6.61 Å². The van der Waals surface area contributed by atoms with E-state index in [1.165, 1.54) is 295 Å². The summed E-state index contributed by atoms with van der Waals surface area (Å²) in [5.41, 5.74) is 0. The summed E-state index contributed by atoms with van der Waals surface area (Å²) in [6.45, 7) is 4.08. The van der Waals surface area contributed by atoms with Crippen LogP contribution in [0.15, 0.2) is 72.9 Å². The Kier molecular flexibility index (Phi) is 72.2. The number of aliphatic hydroxyl groups is 1. The number of unbranched alkanes of at least 4 members (excludes halogenated alkanes) is 50. The minimum atomic E-state index is -0.778. The standard InChI is InChI=1S/C79H144O5/c1-3-5-7-9-11-13-15-17-19-21-23-25-27-29-31-33-34-35-36-37-38-39-40-41-42-43-44-46-47-49-51-53-55-57-59-61-63-65-67-69-71-73-78(81)83-76-77(75-80)84-79(82)74-72-70-68-66-64-62-60-58-56-54-52-50-48-45-32-30-28-26-24-22-20-18-16-14-12-10-8-6-4-2/h6,8,12,14,18,20,24,26,30,32,48,50,77,80H,3-5,7,9-11,13,15-17,19,21-23,25,27-29,31,33-47,49,51-76H2,1-2H3/b8-6-,14-12-,20-18-,26-24-,32-30-,50-48-. The lowest BCUT2D eigenvalue weighted by molar-refractivity contribution is -0.161. The van der Waals surface area contributed by atoms with Crippen LogP contribution in [0.25, 0.3) is 0 Å². The maximum atomic E-state index is 12.4. The van der Waals surface area contributed by atoms with Crippen molar-refractivity contribution in [2.24, 2.45) is 0 Å². The molecule has 0 aliphatic heterocycles. The third-order valence-corrected chi connectivity index (χ3v) is 17.0. The topological polar surface area (TPSA) is 72.8 Å². The lowest BCUT2D eigenvalue weighted by atomic mass is 10.0. The lowest BCUT2D eigenvalue weighted by Crippen LogP contribution is -2.28. The number of ether oxygens (including phenoxy) is 2. The summed E-state index contributed by atoms with van der Waals surface area (Å²) in [5.74, 6) is -0.580. The fourth-order valence-corrected chi connectivity index (χ4v) is 11.4. The predicted molar refractivity (Wildman–Crippen MR) is 371 cm³/mol. The van der Waals surface area contributed by atoms with Gasteiger partial charge in [-0.05, 0) is 64.2 Å². The zero-order valence-electron chi connectivity index (χ0n) is 56.4. The molecule has 0 bridgehead atoms. The van der Waals surface area contributed by atoms with Crippen molar-refractivity contribution in [2.45, 2.75) is 405 Å². The van der Waals surface area contributed by atoms with Gasteiger partial charge in [0.2, 0.25) is 0 Å². The molecule has 0 aliphatic rings. The molecule has 0 aromatic heterocycles. The maximum absolute atomic E-state index is 12.4. The van der Waals surface area contributed by atoms with Crippen LogP contribution < -0.4 is 0 Å². The molecule has 0 amide bonds. The molecule has 0 rings (SSSR count). The van der Waals surface area contributed by atoms with E-state index >= 15 is 0 Å². The predicted octanol–water partition coefficient (Wildman–Crippen LogP) is 26.2. The van der Waals surface area contributed by atoms with Gasteiger partial charge in [0.15, 0.2) is 6.10 Å². The minimum Gasteiger partial charge on any atom is -0.462 e. The van der Waals surface area contributed by atoms with Crippen LogP contribution in [0.3, 0.4) is 0 Å². The van der Waals surface area contributed by atoms with E-state index in [1.807, 2.05) is 0 Å². The van der Waals surface area contributed by atoms with Crippen molar-refractivity contribution in [1.29, 1.82) is 0 Å². The Morgan fingerprint density at radius 3 is 0.774 bits per heavy atom. The molecule has 0 saturated heterocycles. The monoisotopic (exact) mass is 1170 g/mol. The number of allylic oxidation sites excluding steroid dienone is 12. The van der Waals surface area contributed by atoms with Gasteiger partial charge in [-0.15, -0.1) is 0 Å². The Bertz CT molecular complexity index is 1470. The van der Waals surface area contributed by atoms with E-state index < -0.39 is 6.10 Å². The molecule has 5 nitrogen and oxygen atoms in total. The van der Waals surface area contributed by atoms with Crippen LogP contribution in [0.4, 0.5) is 0 Å². The number of esters is 2. The normalized spacial score (nSPS) is 12.6. The van der Waals surface area contributed by atoms with Crippen LogP contribution in [0.5, 0.6) is 0 Å². The Hall–Kier alpha value is -2.66. The molecule has 0 aromatic carbocycles. The van der Waals surface area contributed by atoms with E-state index in [9.17, 15) is 14.7 Å². The molecule has 0 aromatic rings. The van der Waals surface area contributed by atoms with E-state index in [-0.39, 0.29) is 25.2 Å². The summed E-state index contributed by atoms with van der Waals surface area (Å²) in [6, 6.07) is 0. The number of rotatable bonds is 70. The van der Waals surface area contributed by atoms with Crippen molar-refractivity contribution < 1.29 is 24.2 Å². The highest BCUT2D eigenvalue weighted by Crippen LogP contribution is 2.19. The first kappa shape index (κ1) is 81.3. The van der Waals surface area contributed by atoms with E-state index in [4.69, 9.17) is 9.47 Å². The van der Waals surface area contributed by atoms with E-state index in [1.54, 1.807) is 0 Å². The van der Waals surface area contributed by atoms with E-state index in [0.717, 1.165) is 77.0 Å². The van der Waals surface area contributed by atoms with Gasteiger partial charge < -0.3 is 14.6 Å². The molecule has 490 valence electrons. The second-order valence-electron chi connectivity index (χ2n) is 25.4. The summed E-state index contributed by atoms with van der Waals surface area (Å²) in [7, 11) is 0. The second kappa shape index (κ2) is 74.6. The van der Waals surface area contributed by atoms with E-state index in [2.05, 4.69) is 86.8 Å². The lowest BCUT2D eigenvalue weighted by Gasteiger charge is -2.15. The minimum absolute atomic E-state index is 0.0661. The highest BCUT2D eigenvalue weighted by molar-refractivity contribution is 5.70. The van der Waals surface area contributed by atoms with Gasteiger partial charge in [0.25, 0.3) is 0 Å². The summed E-state index contributed by atoms with van der Waals surface area (Å²) in [6.07, 6.45) is 104. The molecule has 5 heteroatoms. The van der Waals surface area contributed by atoms with Gasteiger partial charge in [-0.25, -0.2) is 0 Å². The number of carbonyl (C=O) groups is 2. The van der Waals surface area contributed by atoms with Gasteiger partial charge in [0, 0.05) is 12.8 Å². The molecule has 0 heterocycles. The molecule has 0 saturated carbocycles. The number of carbonyl (C=O) groups excluding carboxylic acids is 2. The van der Waals surface area contributed by atoms with Crippen LogP contribution in [0.1, 0.15) is 399 Å². The van der Waals surface area contributed by atoms with Crippen molar-refractivity contribution in [3.8, 4) is 0 Å². The molecular formula is C79H144O5. The SMILES string of the molecule is CC/C=C\C/C=C\C/C=C\C/C=C\C/C=C\C/C=C\CCCCCCCCCCCCC(=O)OC(CO)COC(=O)CCCCCCCCCCCCCCCCCCCCCCCCCCCCCCCCCCCCCCCCCCC. The highest BCUT2D eigenvalue weighted by Gasteiger charge is 2.16. The molecule has 0 radical (unpaired) electrons. The molecule has 0 aliphatic carbocycles. The van der Waals surface area contributed by atoms with Gasteiger partial charge in [0.1, 0.15) is 6.61 Å². The molecule has 0 fully saturated rings. The Balaban J connectivity index is 3.39. The first-order valence-corrected chi connectivity index (χ1v) is 37.5. The number of hydrogen-bond donors (Lipinski definition) is 1. The molecular weight excluding hydrogens is 1030 g/mol. The van der Waals surface area contributed by atoms with Crippen LogP contribution >= 0.6 is 0 Å². The Morgan fingerprint density at radius 1 is 0.286 bits per heavy atom. The molecule has 1 atom stereocenters. The van der Waals surface area contributed by atoms with Gasteiger partial charge in [-0.1, -0.05) is 395 Å². The fourth-order valence-electron chi connectivity index (χ4n) is 11.4. The summed E-state index contributed by atoms with van der Waals surface area (Å²) in [5, 5.41) is 9.71. The van der Waals surface area contributed by atoms with Crippen LogP contribution in [0, 0.1) is 0 Å². The molecule has 1 unspecified atom stereocenters. The average molecular weight is 1170 g/mol. The van der Waals surface area contributed by atoms with Crippen LogP contribution in [-0.4, -0.2) is 36.4 Å². The first-order chi connectivity index (χ1) is 41.6. The quantitative estimate of drug-likeness (QED) is 0.0373. The zero-order valence-corrected chi connectivity index (χ0v) is 56.4. The van der Waals surface area contributed by atoms with Crippen molar-refractivity contribution in [3.05, 3.63) is 72.9 Å². The van der Waals surface area contributed by atoms with Gasteiger partial charge >= 0.3 is 11.9 Å². The Morgan fingerprint density at radius 2 is 0.512 bits per heavy atom. The third kappa shape index (κ3) is 71.8. The third-order valence-electron chi connectivity index (χ3n) is 17.0. The summed E-state index contributed by atoms with van der Waals surface area (Å²) in [4.78, 5) is 24.7. The second-order valence-corrected chi connectivity index (χ2v) is 25.4. The number of aliphatic hydroxyl groups excluding tert-OH is 1. The van der Waals surface area contributed by atoms with Gasteiger partial charge in [-0.2, -0.15) is 0 Å². The summed E-state index contributed by atoms with van der Waals surface area (Å²) < 4.78 is 10.8. The molecule has 84 heavy (non-hydrogen) atoms. The van der Waals surface area contributed by atoms with Crippen LogP contribution in [-0.2, 0) is 19.1 Å². The molecule has 0 spiro atoms. The largest absolute Gasteiger partial charge is 0.462 e. The van der Waals surface area contributed by atoms with Crippen LogP contribution in [0.2, 0.25) is 0 Å². The van der Waals surface area contributed by atoms with Crippen molar-refractivity contribution in [1.82, 2.24) is 0 Å². The highest BCUT2D eigenvalue weighted by atomic mass is 16.6. The Labute approximate surface area is 524 Å². The fraction of sp³-hybridized carbons (Fsp3) is 0.823. The zero-order chi connectivity index (χ0) is 60.5. The van der Waals surface area contributed by atoms with Crippen molar-refractivity contribution >= 4 is 11.9 Å². The average Bonchev–Trinajstić information content (AvgIpc) is 3.51. The first-order valence-electron chi connectivity index (χ1n) is 37.5. The summed E-state index contributed by atoms with van der Waals surface area (Å²) >= 11 is 0. The number of hydrogen-bond acceptors (Lipinski definition) is 5. The van der Waals surface area contributed by atoms with Crippen molar-refractivity contribution in [3.63, 3.8) is 0 Å². The smallest absolute Gasteiger partial charge is 0.306 e. The molecule has 1 N–H and O–H groups in total. The van der Waals surface area contributed by atoms with E-state index in [0.29, 0.717) is 12.8 Å². The van der Waals surface area contributed by atoms with Gasteiger partial charge in [-0.3, -0.25) is 9.59 Å².